The lowest BCUT2D eigenvalue weighted by atomic mass is 10.00. The number of piperidine rings is 1. The van der Waals surface area contributed by atoms with E-state index < -0.39 is 16.1 Å². The molecule has 0 N–H and O–H groups in total. The number of fused-ring (bicyclic) bond motifs is 1. The summed E-state index contributed by atoms with van der Waals surface area (Å²) in [5, 5.41) is 0. The van der Waals surface area contributed by atoms with Crippen molar-refractivity contribution in [1.82, 2.24) is 4.31 Å². The van der Waals surface area contributed by atoms with Gasteiger partial charge in [0.05, 0.1) is 25.4 Å². The van der Waals surface area contributed by atoms with Crippen molar-refractivity contribution in [2.45, 2.75) is 50.3 Å². The molecule has 0 aromatic heterocycles. The number of hydrogen-bond acceptors (Lipinski definition) is 5. The Bertz CT molecular complexity index is 1280. The minimum absolute atomic E-state index is 0.206. The van der Waals surface area contributed by atoms with Gasteiger partial charge in [-0.25, -0.2) is 8.42 Å². The molecule has 1 fully saturated rings. The molecule has 3 aromatic carbocycles. The summed E-state index contributed by atoms with van der Waals surface area (Å²) in [6.07, 6.45) is 1.76. The molecule has 0 saturated carbocycles. The largest absolute Gasteiger partial charge is 0.485 e. The molecule has 0 amide bonds. The van der Waals surface area contributed by atoms with Crippen molar-refractivity contribution in [1.29, 1.82) is 0 Å². The zero-order chi connectivity index (χ0) is 25.8. The normalized spacial score (nSPS) is 22.5. The van der Waals surface area contributed by atoms with Crippen molar-refractivity contribution in [2.75, 3.05) is 31.1 Å². The van der Waals surface area contributed by atoms with E-state index in [1.807, 2.05) is 79.7 Å². The maximum absolute atomic E-state index is 14.4. The number of rotatable bonds is 7. The van der Waals surface area contributed by atoms with Crippen molar-refractivity contribution in [3.8, 4) is 5.75 Å². The van der Waals surface area contributed by atoms with Crippen molar-refractivity contribution in [3.63, 3.8) is 0 Å². The van der Waals surface area contributed by atoms with Gasteiger partial charge in [0.1, 0.15) is 16.7 Å². The van der Waals surface area contributed by atoms with Crippen molar-refractivity contribution < 1.29 is 17.9 Å². The van der Waals surface area contributed by atoms with Crippen LogP contribution >= 0.6 is 0 Å². The van der Waals surface area contributed by atoms with E-state index in [0.717, 1.165) is 42.7 Å². The Morgan fingerprint density at radius 2 is 1.70 bits per heavy atom. The molecule has 0 bridgehead atoms. The second-order valence-electron chi connectivity index (χ2n) is 10.2. The van der Waals surface area contributed by atoms with E-state index in [1.54, 1.807) is 10.4 Å². The fourth-order valence-corrected chi connectivity index (χ4v) is 7.35. The summed E-state index contributed by atoms with van der Waals surface area (Å²) in [5.41, 5.74) is 2.75. The number of sulfonamides is 1. The fourth-order valence-electron chi connectivity index (χ4n) is 5.38. The minimum Gasteiger partial charge on any atom is -0.485 e. The maximum atomic E-state index is 14.4. The Labute approximate surface area is 220 Å². The zero-order valence-electron chi connectivity index (χ0n) is 21.6. The smallest absolute Gasteiger partial charge is 0.249 e. The van der Waals surface area contributed by atoms with Gasteiger partial charge in [0, 0.05) is 19.1 Å². The zero-order valence-corrected chi connectivity index (χ0v) is 22.4. The van der Waals surface area contributed by atoms with Crippen molar-refractivity contribution in [2.24, 2.45) is 5.92 Å². The van der Waals surface area contributed by atoms with Crippen LogP contribution in [0.25, 0.3) is 0 Å². The van der Waals surface area contributed by atoms with Gasteiger partial charge < -0.3 is 14.4 Å². The highest BCUT2D eigenvalue weighted by atomic mass is 32.2. The first kappa shape index (κ1) is 25.8. The predicted molar refractivity (Wildman–Crippen MR) is 146 cm³/mol. The molecule has 3 atom stereocenters. The molecule has 1 unspecified atom stereocenters. The highest BCUT2D eigenvalue weighted by molar-refractivity contribution is 7.89. The summed E-state index contributed by atoms with van der Waals surface area (Å²) in [7, 11) is -3.86. The molecule has 2 aliphatic rings. The van der Waals surface area contributed by atoms with Crippen LogP contribution in [0.1, 0.15) is 43.9 Å². The third-order valence-electron chi connectivity index (χ3n) is 7.33. The Kier molecular flexibility index (Phi) is 7.84. The van der Waals surface area contributed by atoms with E-state index >= 15 is 0 Å². The van der Waals surface area contributed by atoms with E-state index in [9.17, 15) is 8.42 Å². The van der Waals surface area contributed by atoms with Crippen LogP contribution in [0.4, 0.5) is 5.69 Å². The lowest BCUT2D eigenvalue weighted by Crippen LogP contribution is -2.41. The van der Waals surface area contributed by atoms with Gasteiger partial charge in [-0.15, -0.1) is 0 Å². The maximum Gasteiger partial charge on any atom is 0.249 e. The third kappa shape index (κ3) is 5.69. The first-order valence-corrected chi connectivity index (χ1v) is 14.6. The van der Waals surface area contributed by atoms with E-state index in [4.69, 9.17) is 9.47 Å². The minimum atomic E-state index is -3.86. The average Bonchev–Trinajstić information content (AvgIpc) is 3.03. The second-order valence-corrected chi connectivity index (χ2v) is 12.0. The van der Waals surface area contributed by atoms with Crippen LogP contribution in [0.5, 0.6) is 5.75 Å². The van der Waals surface area contributed by atoms with Gasteiger partial charge in [0.25, 0.3) is 0 Å². The Morgan fingerprint density at radius 1 is 0.973 bits per heavy atom. The highest BCUT2D eigenvalue weighted by Gasteiger charge is 2.41. The predicted octanol–water partition coefficient (Wildman–Crippen LogP) is 5.65. The fraction of sp³-hybridized carbons (Fsp3) is 0.400. The number of benzene rings is 3. The molecule has 1 saturated heterocycles. The van der Waals surface area contributed by atoms with Gasteiger partial charge in [-0.2, -0.15) is 4.31 Å². The van der Waals surface area contributed by atoms with Crippen molar-refractivity contribution in [3.05, 3.63) is 90.0 Å². The first-order chi connectivity index (χ1) is 17.9. The molecule has 2 aliphatic heterocycles. The summed E-state index contributed by atoms with van der Waals surface area (Å²) >= 11 is 0. The molecule has 6 nitrogen and oxygen atoms in total. The van der Waals surface area contributed by atoms with Crippen LogP contribution in [-0.2, 0) is 21.4 Å². The van der Waals surface area contributed by atoms with Crippen LogP contribution < -0.4 is 9.64 Å². The summed E-state index contributed by atoms with van der Waals surface area (Å²) in [5.74, 6) is 0.921. The van der Waals surface area contributed by atoms with Crippen LogP contribution in [0.3, 0.4) is 0 Å². The van der Waals surface area contributed by atoms with E-state index in [0.29, 0.717) is 18.3 Å². The highest BCUT2D eigenvalue weighted by Crippen LogP contribution is 2.42. The van der Waals surface area contributed by atoms with Gasteiger partial charge in [-0.05, 0) is 48.9 Å². The average molecular weight is 521 g/mol. The lowest BCUT2D eigenvalue weighted by molar-refractivity contribution is 0.0313. The van der Waals surface area contributed by atoms with E-state index in [-0.39, 0.29) is 24.1 Å². The number of anilines is 1. The van der Waals surface area contributed by atoms with Gasteiger partial charge in [-0.1, -0.05) is 73.7 Å². The third-order valence-corrected chi connectivity index (χ3v) is 9.34. The van der Waals surface area contributed by atoms with Gasteiger partial charge >= 0.3 is 0 Å². The Hall–Kier alpha value is -2.87. The summed E-state index contributed by atoms with van der Waals surface area (Å²) < 4.78 is 42.9. The summed E-state index contributed by atoms with van der Waals surface area (Å²) in [4.78, 5) is 2.49. The molecule has 196 valence electrons. The van der Waals surface area contributed by atoms with Crippen LogP contribution in [-0.4, -0.2) is 45.1 Å². The molecule has 0 aliphatic carbocycles. The summed E-state index contributed by atoms with van der Waals surface area (Å²) in [6, 6.07) is 25.0. The first-order valence-electron chi connectivity index (χ1n) is 13.2. The van der Waals surface area contributed by atoms with E-state index in [2.05, 4.69) is 11.8 Å². The van der Waals surface area contributed by atoms with Crippen molar-refractivity contribution >= 4 is 15.7 Å². The SMILES string of the molecule is CC1CCCN(c2cccc3c2S(=O)(=O)N([C@H](C)c2ccccc2)C[C@@H](COCc2ccccc2)O3)C1. The second kappa shape index (κ2) is 11.3. The molecule has 37 heavy (non-hydrogen) atoms. The van der Waals surface area contributed by atoms with Crippen LogP contribution in [0, 0.1) is 5.92 Å². The quantitative estimate of drug-likeness (QED) is 0.403. The molecule has 2 heterocycles. The van der Waals surface area contributed by atoms with Gasteiger partial charge in [0.2, 0.25) is 10.0 Å². The molecule has 0 radical (unpaired) electrons. The Balaban J connectivity index is 1.50. The molecule has 5 rings (SSSR count). The molecule has 7 heteroatoms. The Morgan fingerprint density at radius 3 is 2.43 bits per heavy atom. The topological polar surface area (TPSA) is 59.1 Å². The monoisotopic (exact) mass is 520 g/mol. The number of nitrogens with zero attached hydrogens (tertiary/aromatic N) is 2. The van der Waals surface area contributed by atoms with Gasteiger partial charge in [0.15, 0.2) is 0 Å². The van der Waals surface area contributed by atoms with Crippen LogP contribution in [0.2, 0.25) is 0 Å². The van der Waals surface area contributed by atoms with E-state index in [1.165, 1.54) is 0 Å². The molecule has 3 aromatic rings. The number of hydrogen-bond donors (Lipinski definition) is 0. The van der Waals surface area contributed by atoms with Gasteiger partial charge in [-0.3, -0.25) is 0 Å². The number of ether oxygens (including phenoxy) is 2. The molecular weight excluding hydrogens is 484 g/mol. The lowest BCUT2D eigenvalue weighted by Gasteiger charge is -2.35. The van der Waals surface area contributed by atoms with Crippen LogP contribution in [0.15, 0.2) is 83.8 Å². The molecule has 0 spiro atoms. The standard InChI is InChI=1S/C30H36N2O4S/c1-23-11-10-18-31(19-23)28-16-9-17-29-30(28)37(33,34)32(24(2)26-14-7-4-8-15-26)20-27(36-29)22-35-21-25-12-5-3-6-13-25/h3-9,12-17,23-24,27H,10-11,18-22H2,1-2H3/t23?,24-,27+/m1/s1. The molecular formula is C30H36N2O4S. The summed E-state index contributed by atoms with van der Waals surface area (Å²) in [6.45, 7) is 6.79.